The van der Waals surface area contributed by atoms with Crippen molar-refractivity contribution >= 4 is 23.9 Å². The normalized spacial score (nSPS) is 11.7. The predicted molar refractivity (Wildman–Crippen MR) is 92.7 cm³/mol. The summed E-state index contributed by atoms with van der Waals surface area (Å²) in [5.41, 5.74) is 1.84. The monoisotopic (exact) mass is 372 g/mol. The van der Waals surface area contributed by atoms with Crippen molar-refractivity contribution in [2.45, 2.75) is 19.3 Å². The maximum atomic E-state index is 10.9. The largest absolute Gasteiger partial charge is 0.478 e. The Bertz CT molecular complexity index is 859. The highest BCUT2D eigenvalue weighted by Crippen LogP contribution is 2.28. The molecule has 140 valence electrons. The lowest BCUT2D eigenvalue weighted by Crippen LogP contribution is -2.07. The Morgan fingerprint density at radius 3 is 1.37 bits per heavy atom. The second-order valence-corrected chi connectivity index (χ2v) is 5.77. The summed E-state index contributed by atoms with van der Waals surface area (Å²) in [6.45, 7) is 0. The topological polar surface area (TPSA) is 149 Å². The second kappa shape index (κ2) is 8.13. The number of benzene rings is 2. The van der Waals surface area contributed by atoms with E-state index in [1.54, 1.807) is 0 Å². The fraction of sp³-hybridized carbons (Fsp3) is 0.158. The summed E-state index contributed by atoms with van der Waals surface area (Å²) in [4.78, 5) is 42.6. The Morgan fingerprint density at radius 1 is 0.630 bits per heavy atom. The zero-order chi connectivity index (χ0) is 20.1. The minimum atomic E-state index is -1.13. The molecule has 27 heavy (non-hydrogen) atoms. The summed E-state index contributed by atoms with van der Waals surface area (Å²) in [7, 11) is 0. The van der Waals surface area contributed by atoms with E-state index in [1.165, 1.54) is 30.3 Å². The molecule has 0 bridgehead atoms. The molecule has 0 spiro atoms. The number of hydrogen-bond acceptors (Lipinski definition) is 4. The second-order valence-electron chi connectivity index (χ2n) is 5.77. The van der Waals surface area contributed by atoms with E-state index >= 15 is 0 Å². The molecule has 0 amide bonds. The van der Waals surface area contributed by atoms with Crippen LogP contribution < -0.4 is 0 Å². The Labute approximate surface area is 153 Å². The first kappa shape index (κ1) is 19.6. The highest BCUT2D eigenvalue weighted by molar-refractivity contribution is 5.95. The molecule has 2 aromatic carbocycles. The summed E-state index contributed by atoms with van der Waals surface area (Å²) >= 11 is 0. The van der Waals surface area contributed by atoms with Gasteiger partial charge in [-0.3, -0.25) is 0 Å². The predicted octanol–water partition coefficient (Wildman–Crippen LogP) is 2.65. The number of rotatable bonds is 4. The van der Waals surface area contributed by atoms with Gasteiger partial charge in [0.2, 0.25) is 0 Å². The Balaban J connectivity index is 0.000000199. The molecule has 0 atom stereocenters. The van der Waals surface area contributed by atoms with E-state index in [2.05, 4.69) is 0 Å². The third-order valence-electron chi connectivity index (χ3n) is 4.10. The van der Waals surface area contributed by atoms with Crippen molar-refractivity contribution in [3.8, 4) is 0 Å². The number of carbonyl (C=O) groups is 4. The fourth-order valence-corrected chi connectivity index (χ4v) is 2.89. The smallest absolute Gasteiger partial charge is 0.335 e. The number of carboxylic acids is 4. The van der Waals surface area contributed by atoms with Gasteiger partial charge in [0, 0.05) is 0 Å². The molecule has 0 unspecified atom stereocenters. The molecule has 3 rings (SSSR count). The van der Waals surface area contributed by atoms with Crippen molar-refractivity contribution in [3.63, 3.8) is 0 Å². The molecular formula is C19H16O8. The standard InChI is InChI=1S/C11H10O4.C8H6O4/c12-10(13)8-4-5-9(11(14)15)7-3-1-2-6(7)8;9-7(10)5-2-1-3-6(4-5)8(11)12/h4-5H,1-3H2,(H,12,13)(H,14,15);1-4H,(H,9,10)(H,11,12). The van der Waals surface area contributed by atoms with E-state index in [4.69, 9.17) is 20.4 Å². The van der Waals surface area contributed by atoms with Crippen molar-refractivity contribution in [3.05, 3.63) is 69.8 Å². The zero-order valence-electron chi connectivity index (χ0n) is 14.0. The maximum absolute atomic E-state index is 10.9. The lowest BCUT2D eigenvalue weighted by atomic mass is 9.98. The molecule has 2 aromatic rings. The van der Waals surface area contributed by atoms with Gasteiger partial charge in [-0.1, -0.05) is 6.07 Å². The van der Waals surface area contributed by atoms with Crippen LogP contribution in [-0.2, 0) is 12.8 Å². The summed E-state index contributed by atoms with van der Waals surface area (Å²) in [6.07, 6.45) is 2.16. The summed E-state index contributed by atoms with van der Waals surface area (Å²) in [6, 6.07) is 7.97. The number of carboxylic acid groups (broad SMARTS) is 4. The first-order chi connectivity index (χ1) is 12.7. The van der Waals surface area contributed by atoms with Crippen LogP contribution >= 0.6 is 0 Å². The third kappa shape index (κ3) is 4.49. The van der Waals surface area contributed by atoms with Gasteiger partial charge in [-0.2, -0.15) is 0 Å². The van der Waals surface area contributed by atoms with Gasteiger partial charge in [-0.25, -0.2) is 19.2 Å². The number of aromatic carboxylic acids is 4. The molecule has 0 radical (unpaired) electrons. The quantitative estimate of drug-likeness (QED) is 0.640. The van der Waals surface area contributed by atoms with Crippen molar-refractivity contribution in [1.29, 1.82) is 0 Å². The highest BCUT2D eigenvalue weighted by Gasteiger charge is 2.23. The van der Waals surface area contributed by atoms with Crippen LogP contribution in [0.2, 0.25) is 0 Å². The average Bonchev–Trinajstić information content (AvgIpc) is 3.10. The van der Waals surface area contributed by atoms with Crippen LogP contribution in [0.1, 0.15) is 59.0 Å². The summed E-state index contributed by atoms with van der Waals surface area (Å²) < 4.78 is 0. The number of hydrogen-bond donors (Lipinski definition) is 4. The highest BCUT2D eigenvalue weighted by atomic mass is 16.4. The maximum Gasteiger partial charge on any atom is 0.335 e. The van der Waals surface area contributed by atoms with Gasteiger partial charge in [-0.15, -0.1) is 0 Å². The van der Waals surface area contributed by atoms with E-state index in [9.17, 15) is 19.2 Å². The van der Waals surface area contributed by atoms with Gasteiger partial charge in [0.05, 0.1) is 22.3 Å². The van der Waals surface area contributed by atoms with Gasteiger partial charge in [-0.05, 0) is 60.7 Å². The third-order valence-corrected chi connectivity index (χ3v) is 4.10. The SMILES string of the molecule is O=C(O)c1ccc(C(=O)O)c2c1CCC2.O=C(O)c1cccc(C(=O)O)c1. The van der Waals surface area contributed by atoms with E-state index < -0.39 is 23.9 Å². The average molecular weight is 372 g/mol. The minimum Gasteiger partial charge on any atom is -0.478 e. The summed E-state index contributed by atoms with van der Waals surface area (Å²) in [5.74, 6) is -4.22. The van der Waals surface area contributed by atoms with Crippen LogP contribution in [0.15, 0.2) is 36.4 Å². The van der Waals surface area contributed by atoms with Crippen LogP contribution in [0.4, 0.5) is 0 Å². The van der Waals surface area contributed by atoms with Crippen molar-refractivity contribution in [2.24, 2.45) is 0 Å². The van der Waals surface area contributed by atoms with Gasteiger partial charge in [0.25, 0.3) is 0 Å². The molecule has 8 nitrogen and oxygen atoms in total. The molecule has 0 saturated carbocycles. The van der Waals surface area contributed by atoms with Crippen LogP contribution in [0.25, 0.3) is 0 Å². The molecule has 0 saturated heterocycles. The molecule has 8 heteroatoms. The molecule has 1 aliphatic carbocycles. The van der Waals surface area contributed by atoms with E-state index in [0.717, 1.165) is 12.5 Å². The van der Waals surface area contributed by atoms with Crippen LogP contribution in [-0.4, -0.2) is 44.3 Å². The molecule has 0 heterocycles. The van der Waals surface area contributed by atoms with Gasteiger partial charge in [0.15, 0.2) is 0 Å². The minimum absolute atomic E-state index is 0.0186. The molecule has 4 N–H and O–H groups in total. The van der Waals surface area contributed by atoms with Gasteiger partial charge < -0.3 is 20.4 Å². The summed E-state index contributed by atoms with van der Waals surface area (Å²) in [5, 5.41) is 34.9. The van der Waals surface area contributed by atoms with E-state index in [-0.39, 0.29) is 22.3 Å². The Morgan fingerprint density at radius 2 is 1.04 bits per heavy atom. The molecule has 1 aliphatic rings. The lowest BCUT2D eigenvalue weighted by Gasteiger charge is -2.07. The zero-order valence-corrected chi connectivity index (χ0v) is 14.0. The first-order valence-electron chi connectivity index (χ1n) is 7.90. The van der Waals surface area contributed by atoms with Crippen molar-refractivity contribution in [1.82, 2.24) is 0 Å². The van der Waals surface area contributed by atoms with Gasteiger partial charge in [0.1, 0.15) is 0 Å². The molecule has 0 aromatic heterocycles. The Hall–Kier alpha value is -3.68. The molecule has 0 fully saturated rings. The van der Waals surface area contributed by atoms with Crippen LogP contribution in [0, 0.1) is 0 Å². The lowest BCUT2D eigenvalue weighted by molar-refractivity contribution is 0.0679. The van der Waals surface area contributed by atoms with Crippen LogP contribution in [0.3, 0.4) is 0 Å². The number of fused-ring (bicyclic) bond motifs is 1. The Kier molecular flexibility index (Phi) is 5.92. The van der Waals surface area contributed by atoms with Gasteiger partial charge >= 0.3 is 23.9 Å². The van der Waals surface area contributed by atoms with E-state index in [0.29, 0.717) is 24.0 Å². The first-order valence-corrected chi connectivity index (χ1v) is 7.90. The van der Waals surface area contributed by atoms with Crippen molar-refractivity contribution < 1.29 is 39.6 Å². The molecular weight excluding hydrogens is 356 g/mol. The van der Waals surface area contributed by atoms with Crippen molar-refractivity contribution in [2.75, 3.05) is 0 Å². The fourth-order valence-electron chi connectivity index (χ4n) is 2.89. The molecule has 0 aliphatic heterocycles. The van der Waals surface area contributed by atoms with Crippen LogP contribution in [0.5, 0.6) is 0 Å². The van der Waals surface area contributed by atoms with E-state index in [1.807, 2.05) is 0 Å².